The molecule has 0 radical (unpaired) electrons. The summed E-state index contributed by atoms with van der Waals surface area (Å²) in [5.74, 6) is 0.643. The van der Waals surface area contributed by atoms with Crippen molar-refractivity contribution < 1.29 is 8.42 Å². The van der Waals surface area contributed by atoms with E-state index in [2.05, 4.69) is 9.71 Å². The van der Waals surface area contributed by atoms with E-state index in [0.29, 0.717) is 11.5 Å². The minimum Gasteiger partial charge on any atom is -0.399 e. The first-order valence-electron chi connectivity index (χ1n) is 5.71. The number of nitrogen functional groups attached to an aromatic ring is 1. The van der Waals surface area contributed by atoms with Gasteiger partial charge in [0.15, 0.2) is 0 Å². The minimum absolute atomic E-state index is 0.139. The van der Waals surface area contributed by atoms with Crippen LogP contribution in [0.4, 0.5) is 5.69 Å². The number of rotatable bonds is 4. The van der Waals surface area contributed by atoms with Gasteiger partial charge < -0.3 is 10.3 Å². The Morgan fingerprint density at radius 1 is 1.37 bits per heavy atom. The highest BCUT2D eigenvalue weighted by Gasteiger charge is 2.15. The molecule has 0 unspecified atom stereocenters. The van der Waals surface area contributed by atoms with Crippen LogP contribution < -0.4 is 10.5 Å². The third-order valence-corrected chi connectivity index (χ3v) is 4.11. The number of nitrogens with two attached hydrogens (primary N) is 1. The van der Waals surface area contributed by atoms with Crippen LogP contribution in [-0.4, -0.2) is 18.0 Å². The van der Waals surface area contributed by atoms with Gasteiger partial charge in [0.25, 0.3) is 0 Å². The predicted molar refractivity (Wildman–Crippen MR) is 72.8 cm³/mol. The second-order valence-electron chi connectivity index (χ2n) is 4.36. The van der Waals surface area contributed by atoms with Crippen LogP contribution in [0.5, 0.6) is 0 Å². The summed E-state index contributed by atoms with van der Waals surface area (Å²) < 4.78 is 28.5. The largest absolute Gasteiger partial charge is 0.399 e. The number of benzene rings is 1. The van der Waals surface area contributed by atoms with Gasteiger partial charge in [-0.15, -0.1) is 0 Å². The van der Waals surface area contributed by atoms with E-state index in [4.69, 9.17) is 5.73 Å². The fraction of sp³-hybridized carbons (Fsp3) is 0.250. The number of anilines is 1. The Morgan fingerprint density at radius 3 is 2.68 bits per heavy atom. The van der Waals surface area contributed by atoms with Gasteiger partial charge in [-0.1, -0.05) is 0 Å². The van der Waals surface area contributed by atoms with Gasteiger partial charge in [-0.25, -0.2) is 18.1 Å². The molecule has 0 aliphatic heterocycles. The molecule has 102 valence electrons. The van der Waals surface area contributed by atoms with Gasteiger partial charge in [-0.05, 0) is 30.7 Å². The van der Waals surface area contributed by atoms with Crippen LogP contribution in [0.3, 0.4) is 0 Å². The van der Waals surface area contributed by atoms with Crippen molar-refractivity contribution in [1.82, 2.24) is 14.3 Å². The highest BCUT2D eigenvalue weighted by molar-refractivity contribution is 7.89. The second kappa shape index (κ2) is 5.02. The number of imidazole rings is 1. The van der Waals surface area contributed by atoms with E-state index in [1.807, 2.05) is 0 Å². The van der Waals surface area contributed by atoms with Crippen LogP contribution in [0.25, 0.3) is 0 Å². The molecule has 1 aromatic carbocycles. The third-order valence-electron chi connectivity index (χ3n) is 2.72. The van der Waals surface area contributed by atoms with Gasteiger partial charge >= 0.3 is 0 Å². The molecule has 1 aromatic heterocycles. The fourth-order valence-corrected chi connectivity index (χ4v) is 2.86. The average Bonchev–Trinajstić information content (AvgIpc) is 2.71. The van der Waals surface area contributed by atoms with E-state index >= 15 is 0 Å². The Labute approximate surface area is 112 Å². The number of hydrogen-bond donors (Lipinski definition) is 2. The lowest BCUT2D eigenvalue weighted by atomic mass is 10.2. The summed E-state index contributed by atoms with van der Waals surface area (Å²) >= 11 is 0. The van der Waals surface area contributed by atoms with Crippen LogP contribution >= 0.6 is 0 Å². The molecule has 7 heteroatoms. The maximum Gasteiger partial charge on any atom is 0.241 e. The van der Waals surface area contributed by atoms with Crippen molar-refractivity contribution >= 4 is 15.7 Å². The highest BCUT2D eigenvalue weighted by Crippen LogP contribution is 2.16. The first-order chi connectivity index (χ1) is 8.88. The number of nitrogens with zero attached hydrogens (tertiary/aromatic N) is 2. The first-order valence-corrected chi connectivity index (χ1v) is 7.20. The summed E-state index contributed by atoms with van der Waals surface area (Å²) in [5, 5.41) is 0. The number of nitrogens with one attached hydrogen (secondary N) is 1. The van der Waals surface area contributed by atoms with Crippen molar-refractivity contribution in [1.29, 1.82) is 0 Å². The summed E-state index contributed by atoms with van der Waals surface area (Å²) in [4.78, 5) is 4.22. The van der Waals surface area contributed by atoms with Crippen molar-refractivity contribution in [2.24, 2.45) is 7.05 Å². The van der Waals surface area contributed by atoms with Crippen LogP contribution in [0.1, 0.15) is 11.4 Å². The van der Waals surface area contributed by atoms with Crippen molar-refractivity contribution in [3.05, 3.63) is 42.0 Å². The molecule has 0 atom stereocenters. The molecule has 19 heavy (non-hydrogen) atoms. The quantitative estimate of drug-likeness (QED) is 0.810. The number of sulfonamides is 1. The van der Waals surface area contributed by atoms with Gasteiger partial charge in [0.05, 0.1) is 11.4 Å². The second-order valence-corrected chi connectivity index (χ2v) is 6.13. The van der Waals surface area contributed by atoms with Gasteiger partial charge in [0.1, 0.15) is 5.82 Å². The third kappa shape index (κ3) is 3.12. The van der Waals surface area contributed by atoms with Gasteiger partial charge in [0, 0.05) is 25.1 Å². The lowest BCUT2D eigenvalue weighted by Gasteiger charge is -2.08. The summed E-state index contributed by atoms with van der Waals surface area (Å²) in [6.07, 6.45) is 3.38. The van der Waals surface area contributed by atoms with E-state index in [1.54, 1.807) is 43.1 Å². The average molecular weight is 280 g/mol. The molecule has 1 heterocycles. The van der Waals surface area contributed by atoms with E-state index in [9.17, 15) is 8.42 Å². The Kier molecular flexibility index (Phi) is 3.59. The molecule has 2 rings (SSSR count). The van der Waals surface area contributed by atoms with Crippen LogP contribution in [0.15, 0.2) is 35.5 Å². The molecule has 0 saturated heterocycles. The van der Waals surface area contributed by atoms with E-state index < -0.39 is 10.0 Å². The SMILES string of the molecule is Cc1cc(N)cc(S(=O)(=O)NCc2nccn2C)c1. The summed E-state index contributed by atoms with van der Waals surface area (Å²) in [6, 6.07) is 4.74. The Hall–Kier alpha value is -1.86. The van der Waals surface area contributed by atoms with E-state index in [-0.39, 0.29) is 11.4 Å². The van der Waals surface area contributed by atoms with Gasteiger partial charge in [0.2, 0.25) is 10.0 Å². The van der Waals surface area contributed by atoms with Crippen LogP contribution in [0.2, 0.25) is 0 Å². The van der Waals surface area contributed by atoms with Crippen molar-refractivity contribution in [3.63, 3.8) is 0 Å². The molecule has 0 spiro atoms. The lowest BCUT2D eigenvalue weighted by molar-refractivity contribution is 0.577. The molecule has 3 N–H and O–H groups in total. The molecule has 2 aromatic rings. The molecule has 0 fully saturated rings. The van der Waals surface area contributed by atoms with Crippen molar-refractivity contribution in [2.75, 3.05) is 5.73 Å². The number of aromatic nitrogens is 2. The van der Waals surface area contributed by atoms with Gasteiger partial charge in [-0.2, -0.15) is 0 Å². The van der Waals surface area contributed by atoms with E-state index in [0.717, 1.165) is 5.56 Å². The zero-order valence-corrected chi connectivity index (χ0v) is 11.6. The maximum absolute atomic E-state index is 12.1. The molecule has 0 saturated carbocycles. The zero-order valence-electron chi connectivity index (χ0n) is 10.8. The zero-order chi connectivity index (χ0) is 14.0. The first kappa shape index (κ1) is 13.6. The molecule has 0 bridgehead atoms. The molecular weight excluding hydrogens is 264 g/mol. The monoisotopic (exact) mass is 280 g/mol. The Balaban J connectivity index is 2.21. The smallest absolute Gasteiger partial charge is 0.241 e. The highest BCUT2D eigenvalue weighted by atomic mass is 32.2. The van der Waals surface area contributed by atoms with Gasteiger partial charge in [-0.3, -0.25) is 0 Å². The van der Waals surface area contributed by atoms with Crippen molar-refractivity contribution in [3.8, 4) is 0 Å². The Morgan fingerprint density at radius 2 is 2.11 bits per heavy atom. The fourth-order valence-electron chi connectivity index (χ4n) is 1.74. The lowest BCUT2D eigenvalue weighted by Crippen LogP contribution is -2.25. The molecular formula is C12H16N4O2S. The number of aryl methyl sites for hydroxylation is 2. The van der Waals surface area contributed by atoms with Crippen molar-refractivity contribution in [2.45, 2.75) is 18.4 Å². The molecule has 0 aliphatic carbocycles. The Bertz CT molecular complexity index is 671. The van der Waals surface area contributed by atoms with E-state index in [1.165, 1.54) is 6.07 Å². The summed E-state index contributed by atoms with van der Waals surface area (Å²) in [6.45, 7) is 1.94. The summed E-state index contributed by atoms with van der Waals surface area (Å²) in [5.41, 5.74) is 6.89. The maximum atomic E-state index is 12.1. The molecule has 0 aliphatic rings. The topological polar surface area (TPSA) is 90.0 Å². The standard InChI is InChI=1S/C12H16N4O2S/c1-9-5-10(13)7-11(6-9)19(17,18)15-8-12-14-3-4-16(12)2/h3-7,15H,8,13H2,1-2H3. The summed E-state index contributed by atoms with van der Waals surface area (Å²) in [7, 11) is -1.77. The predicted octanol–water partition coefficient (Wildman–Crippen LogP) is 0.789. The number of hydrogen-bond acceptors (Lipinski definition) is 4. The molecule has 0 amide bonds. The van der Waals surface area contributed by atoms with Crippen LogP contribution in [-0.2, 0) is 23.6 Å². The molecule has 6 nitrogen and oxygen atoms in total. The minimum atomic E-state index is -3.58. The normalized spacial score (nSPS) is 11.7. The van der Waals surface area contributed by atoms with Crippen LogP contribution in [0, 0.1) is 6.92 Å².